The summed E-state index contributed by atoms with van der Waals surface area (Å²) in [5.74, 6) is -1.11. The van der Waals surface area contributed by atoms with Crippen molar-refractivity contribution in [2.24, 2.45) is 0 Å². The van der Waals surface area contributed by atoms with Crippen molar-refractivity contribution < 1.29 is 19.4 Å². The normalized spacial score (nSPS) is 11.9. The Bertz CT molecular complexity index is 235. The molecule has 0 aliphatic rings. The molecule has 16 heavy (non-hydrogen) atoms. The summed E-state index contributed by atoms with van der Waals surface area (Å²) in [6.45, 7) is 1.09. The maximum atomic E-state index is 11.5. The van der Waals surface area contributed by atoms with Crippen LogP contribution in [0, 0.1) is 0 Å². The highest BCUT2D eigenvalue weighted by Gasteiger charge is 2.21. The summed E-state index contributed by atoms with van der Waals surface area (Å²) in [5.41, 5.74) is 0. The van der Waals surface area contributed by atoms with Gasteiger partial charge in [-0.15, -0.1) is 0 Å². The molecule has 0 aromatic rings. The first-order valence-electron chi connectivity index (χ1n) is 4.90. The van der Waals surface area contributed by atoms with Gasteiger partial charge < -0.3 is 25.4 Å². The van der Waals surface area contributed by atoms with E-state index in [4.69, 9.17) is 9.84 Å². The van der Waals surface area contributed by atoms with Gasteiger partial charge in [-0.1, -0.05) is 0 Å². The molecule has 2 amide bonds. The molecule has 3 N–H and O–H groups in total. The summed E-state index contributed by atoms with van der Waals surface area (Å²) >= 11 is 0. The van der Waals surface area contributed by atoms with Crippen LogP contribution in [0.2, 0.25) is 0 Å². The molecule has 0 spiro atoms. The standard InChI is InChI=1S/C9H19N3O4/c1-10-4-5-12(2)9(15)11-7(6-16-3)8(13)14/h7,10H,4-6H2,1-3H3,(H,11,15)(H,13,14). The molecule has 0 rings (SSSR count). The van der Waals surface area contributed by atoms with Gasteiger partial charge in [-0.05, 0) is 7.05 Å². The summed E-state index contributed by atoms with van der Waals surface area (Å²) in [4.78, 5) is 23.6. The molecule has 0 aromatic heterocycles. The van der Waals surface area contributed by atoms with Crippen LogP contribution in [0.5, 0.6) is 0 Å². The Morgan fingerprint density at radius 1 is 1.50 bits per heavy atom. The highest BCUT2D eigenvalue weighted by Crippen LogP contribution is 1.90. The van der Waals surface area contributed by atoms with Gasteiger partial charge in [0.15, 0.2) is 6.04 Å². The van der Waals surface area contributed by atoms with E-state index in [1.165, 1.54) is 12.0 Å². The Kier molecular flexibility index (Phi) is 7.23. The van der Waals surface area contributed by atoms with Gasteiger partial charge in [-0.2, -0.15) is 0 Å². The van der Waals surface area contributed by atoms with E-state index in [2.05, 4.69) is 10.6 Å². The molecule has 1 unspecified atom stereocenters. The number of carbonyl (C=O) groups excluding carboxylic acids is 1. The zero-order valence-electron chi connectivity index (χ0n) is 9.82. The molecule has 0 radical (unpaired) electrons. The lowest BCUT2D eigenvalue weighted by molar-refractivity contribution is -0.140. The fourth-order valence-corrected chi connectivity index (χ4v) is 0.982. The number of urea groups is 1. The minimum atomic E-state index is -1.11. The van der Waals surface area contributed by atoms with Crippen LogP contribution in [0.15, 0.2) is 0 Å². The molecule has 7 nitrogen and oxygen atoms in total. The second-order valence-corrected chi connectivity index (χ2v) is 3.32. The Morgan fingerprint density at radius 2 is 2.12 bits per heavy atom. The molecule has 94 valence electrons. The van der Waals surface area contributed by atoms with Crippen molar-refractivity contribution >= 4 is 12.0 Å². The lowest BCUT2D eigenvalue weighted by Crippen LogP contribution is -2.49. The third-order valence-electron chi connectivity index (χ3n) is 1.97. The van der Waals surface area contributed by atoms with Crippen molar-refractivity contribution in [1.82, 2.24) is 15.5 Å². The number of carboxylic acids is 1. The first-order chi connectivity index (χ1) is 7.52. The first-order valence-corrected chi connectivity index (χ1v) is 4.90. The molecular weight excluding hydrogens is 214 g/mol. The van der Waals surface area contributed by atoms with Crippen LogP contribution in [0.1, 0.15) is 0 Å². The average molecular weight is 233 g/mol. The molecule has 0 fully saturated rings. The number of hydrogen-bond acceptors (Lipinski definition) is 4. The Balaban J connectivity index is 4.12. The molecule has 7 heteroatoms. The fourth-order valence-electron chi connectivity index (χ4n) is 0.982. The van der Waals surface area contributed by atoms with Gasteiger partial charge in [0.2, 0.25) is 0 Å². The number of amides is 2. The number of hydrogen-bond donors (Lipinski definition) is 3. The molecule has 0 saturated heterocycles. The third kappa shape index (κ3) is 5.52. The van der Waals surface area contributed by atoms with Gasteiger partial charge in [-0.25, -0.2) is 9.59 Å². The van der Waals surface area contributed by atoms with Crippen LogP contribution in [-0.4, -0.2) is 69.0 Å². The summed E-state index contributed by atoms with van der Waals surface area (Å²) < 4.78 is 4.70. The number of carbonyl (C=O) groups is 2. The number of likely N-dealkylation sites (N-methyl/N-ethyl adjacent to an activating group) is 2. The van der Waals surface area contributed by atoms with Gasteiger partial charge in [-0.3, -0.25) is 0 Å². The van der Waals surface area contributed by atoms with E-state index in [0.29, 0.717) is 13.1 Å². The van der Waals surface area contributed by atoms with E-state index in [9.17, 15) is 9.59 Å². The van der Waals surface area contributed by atoms with Crippen molar-refractivity contribution in [3.05, 3.63) is 0 Å². The van der Waals surface area contributed by atoms with E-state index in [0.717, 1.165) is 0 Å². The van der Waals surface area contributed by atoms with Crippen LogP contribution in [0.25, 0.3) is 0 Å². The van der Waals surface area contributed by atoms with E-state index in [-0.39, 0.29) is 6.61 Å². The summed E-state index contributed by atoms with van der Waals surface area (Å²) in [7, 11) is 4.75. The molecular formula is C9H19N3O4. The summed E-state index contributed by atoms with van der Waals surface area (Å²) in [5, 5.41) is 14.0. The van der Waals surface area contributed by atoms with Gasteiger partial charge >= 0.3 is 12.0 Å². The van der Waals surface area contributed by atoms with Gasteiger partial charge in [0.1, 0.15) is 0 Å². The van der Waals surface area contributed by atoms with Crippen molar-refractivity contribution in [2.45, 2.75) is 6.04 Å². The van der Waals surface area contributed by atoms with Crippen LogP contribution >= 0.6 is 0 Å². The molecule has 0 aliphatic carbocycles. The van der Waals surface area contributed by atoms with E-state index < -0.39 is 18.0 Å². The molecule has 0 saturated carbocycles. The van der Waals surface area contributed by atoms with Crippen LogP contribution in [0.4, 0.5) is 4.79 Å². The Labute approximate surface area is 94.7 Å². The summed E-state index contributed by atoms with van der Waals surface area (Å²) in [6.07, 6.45) is 0. The highest BCUT2D eigenvalue weighted by molar-refractivity contribution is 5.82. The van der Waals surface area contributed by atoms with Crippen molar-refractivity contribution in [3.63, 3.8) is 0 Å². The molecule has 0 bridgehead atoms. The second kappa shape index (κ2) is 7.89. The molecule has 0 heterocycles. The number of nitrogens with zero attached hydrogens (tertiary/aromatic N) is 1. The van der Waals surface area contributed by atoms with Crippen molar-refractivity contribution in [3.8, 4) is 0 Å². The smallest absolute Gasteiger partial charge is 0.328 e. The highest BCUT2D eigenvalue weighted by atomic mass is 16.5. The zero-order chi connectivity index (χ0) is 12.6. The number of ether oxygens (including phenoxy) is 1. The molecule has 0 aliphatic heterocycles. The Hall–Kier alpha value is -1.34. The summed E-state index contributed by atoms with van der Waals surface area (Å²) in [6, 6.07) is -1.45. The molecule has 1 atom stereocenters. The largest absolute Gasteiger partial charge is 0.480 e. The first kappa shape index (κ1) is 14.7. The fraction of sp³-hybridized carbons (Fsp3) is 0.778. The lowest BCUT2D eigenvalue weighted by atomic mass is 10.3. The third-order valence-corrected chi connectivity index (χ3v) is 1.97. The second-order valence-electron chi connectivity index (χ2n) is 3.32. The Morgan fingerprint density at radius 3 is 2.56 bits per heavy atom. The SMILES string of the molecule is CNCCN(C)C(=O)NC(COC)C(=O)O. The van der Waals surface area contributed by atoms with Gasteiger partial charge in [0.05, 0.1) is 6.61 Å². The lowest BCUT2D eigenvalue weighted by Gasteiger charge is -2.20. The number of nitrogens with one attached hydrogen (secondary N) is 2. The van der Waals surface area contributed by atoms with Crippen LogP contribution < -0.4 is 10.6 Å². The number of methoxy groups -OCH3 is 1. The number of rotatable bonds is 7. The molecule has 0 aromatic carbocycles. The zero-order valence-corrected chi connectivity index (χ0v) is 9.82. The van der Waals surface area contributed by atoms with E-state index in [1.54, 1.807) is 14.1 Å². The average Bonchev–Trinajstić information content (AvgIpc) is 2.24. The van der Waals surface area contributed by atoms with Gasteiger partial charge in [0, 0.05) is 27.2 Å². The predicted octanol–water partition coefficient (Wildman–Crippen LogP) is -1.05. The number of aliphatic carboxylic acids is 1. The van der Waals surface area contributed by atoms with Crippen molar-refractivity contribution in [1.29, 1.82) is 0 Å². The van der Waals surface area contributed by atoms with Gasteiger partial charge in [0.25, 0.3) is 0 Å². The van der Waals surface area contributed by atoms with E-state index in [1.807, 2.05) is 0 Å². The monoisotopic (exact) mass is 233 g/mol. The maximum absolute atomic E-state index is 11.5. The predicted molar refractivity (Wildman–Crippen MR) is 58.4 cm³/mol. The van der Waals surface area contributed by atoms with Crippen LogP contribution in [0.3, 0.4) is 0 Å². The quantitative estimate of drug-likeness (QED) is 0.522. The van der Waals surface area contributed by atoms with E-state index >= 15 is 0 Å². The van der Waals surface area contributed by atoms with Crippen molar-refractivity contribution in [2.75, 3.05) is 40.9 Å². The topological polar surface area (TPSA) is 90.9 Å². The van der Waals surface area contributed by atoms with Crippen LogP contribution in [-0.2, 0) is 9.53 Å². The minimum Gasteiger partial charge on any atom is -0.480 e. The number of carboxylic acid groups (broad SMARTS) is 1. The minimum absolute atomic E-state index is 0.0546. The maximum Gasteiger partial charge on any atom is 0.328 e.